The van der Waals surface area contributed by atoms with E-state index in [0.29, 0.717) is 11.4 Å². The van der Waals surface area contributed by atoms with Crippen LogP contribution in [0.1, 0.15) is 30.5 Å². The molecule has 0 saturated heterocycles. The van der Waals surface area contributed by atoms with Gasteiger partial charge in [0.25, 0.3) is 0 Å². The van der Waals surface area contributed by atoms with Gasteiger partial charge in [-0.25, -0.2) is 4.79 Å². The van der Waals surface area contributed by atoms with E-state index in [2.05, 4.69) is 10.6 Å². The fourth-order valence-corrected chi connectivity index (χ4v) is 3.08. The molecule has 5 heteroatoms. The third kappa shape index (κ3) is 5.06. The van der Waals surface area contributed by atoms with Crippen LogP contribution in [0.2, 0.25) is 0 Å². The van der Waals surface area contributed by atoms with Crippen LogP contribution in [0.4, 0.5) is 16.2 Å². The Hall–Kier alpha value is -3.60. The molecule has 0 aliphatic carbocycles. The van der Waals surface area contributed by atoms with Crippen LogP contribution in [0.3, 0.4) is 0 Å². The molecule has 0 fully saturated rings. The average molecular weight is 402 g/mol. The summed E-state index contributed by atoms with van der Waals surface area (Å²) in [4.78, 5) is 25.0. The Labute approximate surface area is 177 Å². The molecule has 2 amide bonds. The molecule has 30 heavy (non-hydrogen) atoms. The number of benzene rings is 3. The molecule has 5 nitrogen and oxygen atoms in total. The van der Waals surface area contributed by atoms with Crippen LogP contribution in [-0.4, -0.2) is 12.0 Å². The van der Waals surface area contributed by atoms with Crippen LogP contribution < -0.4 is 15.4 Å². The summed E-state index contributed by atoms with van der Waals surface area (Å²) in [5, 5.41) is 5.68. The smallest absolute Gasteiger partial charge is 0.410 e. The lowest BCUT2D eigenvalue weighted by Gasteiger charge is -2.25. The maximum Gasteiger partial charge on any atom is 0.417 e. The topological polar surface area (TPSA) is 67.4 Å². The molecular weight excluding hydrogens is 376 g/mol. The zero-order chi connectivity index (χ0) is 21.7. The molecule has 0 aromatic heterocycles. The number of nitrogens with one attached hydrogen (secondary N) is 2. The SMILES string of the molecule is Cc1ccc(NC(=O)C(C)(C)c2ccc(OC(=O)Nc3ccccc3)cc2)c(C)c1. The van der Waals surface area contributed by atoms with Gasteiger partial charge in [-0.1, -0.05) is 48.0 Å². The number of ether oxygens (including phenoxy) is 1. The molecule has 0 spiro atoms. The monoisotopic (exact) mass is 402 g/mol. The molecule has 0 aliphatic rings. The van der Waals surface area contributed by atoms with Crippen molar-refractivity contribution in [1.29, 1.82) is 0 Å². The Kier molecular flexibility index (Phi) is 6.21. The van der Waals surface area contributed by atoms with Crippen molar-refractivity contribution in [1.82, 2.24) is 0 Å². The van der Waals surface area contributed by atoms with Crippen molar-refractivity contribution < 1.29 is 14.3 Å². The van der Waals surface area contributed by atoms with Gasteiger partial charge in [0.1, 0.15) is 5.75 Å². The molecule has 2 N–H and O–H groups in total. The van der Waals surface area contributed by atoms with Gasteiger partial charge in [-0.2, -0.15) is 0 Å². The second-order valence-corrected chi connectivity index (χ2v) is 7.80. The molecule has 0 unspecified atom stereocenters. The van der Waals surface area contributed by atoms with Gasteiger partial charge in [0, 0.05) is 11.4 Å². The summed E-state index contributed by atoms with van der Waals surface area (Å²) in [7, 11) is 0. The van der Waals surface area contributed by atoms with Crippen LogP contribution >= 0.6 is 0 Å². The van der Waals surface area contributed by atoms with Crippen molar-refractivity contribution in [2.75, 3.05) is 10.6 Å². The van der Waals surface area contributed by atoms with E-state index in [1.807, 2.05) is 64.1 Å². The second kappa shape index (κ2) is 8.82. The number of aryl methyl sites for hydroxylation is 2. The number of para-hydroxylation sites is 1. The van der Waals surface area contributed by atoms with Crippen LogP contribution in [0.5, 0.6) is 5.75 Å². The van der Waals surface area contributed by atoms with E-state index < -0.39 is 11.5 Å². The summed E-state index contributed by atoms with van der Waals surface area (Å²) >= 11 is 0. The predicted molar refractivity (Wildman–Crippen MR) is 120 cm³/mol. The normalized spacial score (nSPS) is 10.9. The van der Waals surface area contributed by atoms with Crippen molar-refractivity contribution in [2.45, 2.75) is 33.1 Å². The summed E-state index contributed by atoms with van der Waals surface area (Å²) in [6.45, 7) is 7.72. The third-order valence-corrected chi connectivity index (χ3v) is 5.00. The number of amides is 2. The molecule has 0 saturated carbocycles. The van der Waals surface area contributed by atoms with Gasteiger partial charge in [-0.3, -0.25) is 10.1 Å². The zero-order valence-electron chi connectivity index (χ0n) is 17.7. The van der Waals surface area contributed by atoms with Crippen molar-refractivity contribution in [2.24, 2.45) is 0 Å². The number of carbonyl (C=O) groups is 2. The maximum absolute atomic E-state index is 12.9. The Morgan fingerprint density at radius 1 is 0.833 bits per heavy atom. The van der Waals surface area contributed by atoms with E-state index in [1.165, 1.54) is 0 Å². The predicted octanol–water partition coefficient (Wildman–Crippen LogP) is 5.83. The molecule has 0 aliphatic heterocycles. The second-order valence-electron chi connectivity index (χ2n) is 7.80. The minimum atomic E-state index is -0.762. The van der Waals surface area contributed by atoms with E-state index >= 15 is 0 Å². The first-order valence-corrected chi connectivity index (χ1v) is 9.79. The van der Waals surface area contributed by atoms with Gasteiger partial charge in [0.2, 0.25) is 5.91 Å². The van der Waals surface area contributed by atoms with Crippen LogP contribution in [0.15, 0.2) is 72.8 Å². The first kappa shape index (κ1) is 21.1. The fraction of sp³-hybridized carbons (Fsp3) is 0.200. The highest BCUT2D eigenvalue weighted by Crippen LogP contribution is 2.28. The minimum absolute atomic E-state index is 0.107. The average Bonchev–Trinajstić information content (AvgIpc) is 2.71. The first-order valence-electron chi connectivity index (χ1n) is 9.79. The Balaban J connectivity index is 1.66. The van der Waals surface area contributed by atoms with Crippen molar-refractivity contribution in [3.05, 3.63) is 89.5 Å². The molecule has 154 valence electrons. The lowest BCUT2D eigenvalue weighted by atomic mass is 9.83. The van der Waals surface area contributed by atoms with Crippen molar-refractivity contribution in [3.63, 3.8) is 0 Å². The fourth-order valence-electron chi connectivity index (χ4n) is 3.08. The Bertz CT molecular complexity index is 1040. The van der Waals surface area contributed by atoms with E-state index in [1.54, 1.807) is 36.4 Å². The van der Waals surface area contributed by atoms with Gasteiger partial charge in [0.05, 0.1) is 5.41 Å². The third-order valence-electron chi connectivity index (χ3n) is 5.00. The summed E-state index contributed by atoms with van der Waals surface area (Å²) < 4.78 is 5.32. The maximum atomic E-state index is 12.9. The lowest BCUT2D eigenvalue weighted by molar-refractivity contribution is -0.120. The van der Waals surface area contributed by atoms with Gasteiger partial charge in [0.15, 0.2) is 0 Å². The van der Waals surface area contributed by atoms with Gasteiger partial charge >= 0.3 is 6.09 Å². The Morgan fingerprint density at radius 2 is 1.50 bits per heavy atom. The molecule has 0 radical (unpaired) electrons. The summed E-state index contributed by atoms with van der Waals surface area (Å²) in [5.41, 5.74) is 3.69. The van der Waals surface area contributed by atoms with E-state index in [4.69, 9.17) is 4.74 Å². The molecule has 0 heterocycles. The molecule has 3 rings (SSSR count). The highest BCUT2D eigenvalue weighted by molar-refractivity contribution is 5.99. The molecule has 3 aromatic rings. The molecule has 0 bridgehead atoms. The van der Waals surface area contributed by atoms with Gasteiger partial charge < -0.3 is 10.1 Å². The summed E-state index contributed by atoms with van der Waals surface area (Å²) in [6, 6.07) is 22.0. The molecular formula is C25H26N2O3. The van der Waals surface area contributed by atoms with Crippen LogP contribution in [0, 0.1) is 13.8 Å². The van der Waals surface area contributed by atoms with Crippen LogP contribution in [-0.2, 0) is 10.2 Å². The quantitative estimate of drug-likeness (QED) is 0.564. The van der Waals surface area contributed by atoms with E-state index in [-0.39, 0.29) is 5.91 Å². The highest BCUT2D eigenvalue weighted by Gasteiger charge is 2.30. The minimum Gasteiger partial charge on any atom is -0.410 e. The van der Waals surface area contributed by atoms with Gasteiger partial charge in [-0.15, -0.1) is 0 Å². The molecule has 3 aromatic carbocycles. The number of rotatable bonds is 5. The van der Waals surface area contributed by atoms with Crippen molar-refractivity contribution in [3.8, 4) is 5.75 Å². The van der Waals surface area contributed by atoms with Crippen molar-refractivity contribution >= 4 is 23.4 Å². The van der Waals surface area contributed by atoms with E-state index in [0.717, 1.165) is 22.4 Å². The molecule has 0 atom stereocenters. The van der Waals surface area contributed by atoms with Gasteiger partial charge in [-0.05, 0) is 69.2 Å². The van der Waals surface area contributed by atoms with E-state index in [9.17, 15) is 9.59 Å². The Morgan fingerprint density at radius 3 is 2.13 bits per heavy atom. The summed E-state index contributed by atoms with van der Waals surface area (Å²) in [6.07, 6.45) is -0.569. The number of hydrogen-bond acceptors (Lipinski definition) is 3. The zero-order valence-corrected chi connectivity index (χ0v) is 17.7. The number of hydrogen-bond donors (Lipinski definition) is 2. The highest BCUT2D eigenvalue weighted by atomic mass is 16.6. The summed E-state index contributed by atoms with van der Waals surface area (Å²) in [5.74, 6) is 0.294. The first-order chi connectivity index (χ1) is 14.3. The number of carbonyl (C=O) groups excluding carboxylic acids is 2. The van der Waals surface area contributed by atoms with Crippen LogP contribution in [0.25, 0.3) is 0 Å². The number of anilines is 2. The standard InChI is InChI=1S/C25H26N2O3/c1-17-10-15-22(18(2)16-17)27-23(28)25(3,4)19-11-13-21(14-12-19)30-24(29)26-20-8-6-5-7-9-20/h5-16H,1-4H3,(H,26,29)(H,27,28). The lowest BCUT2D eigenvalue weighted by Crippen LogP contribution is -2.34. The largest absolute Gasteiger partial charge is 0.417 e.